The van der Waals surface area contributed by atoms with E-state index in [-0.39, 0.29) is 19.3 Å². The van der Waals surface area contributed by atoms with E-state index in [0.717, 1.165) is 0 Å². The SMILES string of the molecule is CC(CC(N)=O)NC(=O)NC(=O)CCC(=O)O. The molecule has 0 aromatic carbocycles. The topological polar surface area (TPSA) is 139 Å². The van der Waals surface area contributed by atoms with Crippen LogP contribution < -0.4 is 16.4 Å². The van der Waals surface area contributed by atoms with Crippen LogP contribution in [0.4, 0.5) is 4.79 Å². The lowest BCUT2D eigenvalue weighted by Crippen LogP contribution is -2.44. The van der Waals surface area contributed by atoms with Gasteiger partial charge in [-0.2, -0.15) is 0 Å². The van der Waals surface area contributed by atoms with Crippen molar-refractivity contribution in [1.82, 2.24) is 10.6 Å². The van der Waals surface area contributed by atoms with Crippen molar-refractivity contribution in [2.24, 2.45) is 5.73 Å². The summed E-state index contributed by atoms with van der Waals surface area (Å²) < 4.78 is 0. The van der Waals surface area contributed by atoms with Crippen molar-refractivity contribution >= 4 is 23.8 Å². The molecular weight excluding hydrogens is 230 g/mol. The molecule has 0 radical (unpaired) electrons. The van der Waals surface area contributed by atoms with Crippen LogP contribution in [0.1, 0.15) is 26.2 Å². The zero-order valence-corrected chi connectivity index (χ0v) is 9.36. The highest BCUT2D eigenvalue weighted by Gasteiger charge is 2.13. The van der Waals surface area contributed by atoms with Crippen molar-refractivity contribution in [2.45, 2.75) is 32.2 Å². The van der Waals surface area contributed by atoms with E-state index in [2.05, 4.69) is 5.32 Å². The molecule has 0 aliphatic carbocycles. The van der Waals surface area contributed by atoms with Crippen LogP contribution in [0.15, 0.2) is 0 Å². The van der Waals surface area contributed by atoms with Gasteiger partial charge in [0.2, 0.25) is 11.8 Å². The van der Waals surface area contributed by atoms with Gasteiger partial charge in [0.05, 0.1) is 6.42 Å². The summed E-state index contributed by atoms with van der Waals surface area (Å²) in [6.45, 7) is 1.55. The maximum atomic E-state index is 11.1. The van der Waals surface area contributed by atoms with Gasteiger partial charge in [-0.15, -0.1) is 0 Å². The van der Waals surface area contributed by atoms with Crippen molar-refractivity contribution < 1.29 is 24.3 Å². The molecule has 0 heterocycles. The predicted octanol–water partition coefficient (Wildman–Crippen LogP) is -1.06. The number of rotatable bonds is 6. The van der Waals surface area contributed by atoms with Gasteiger partial charge in [-0.05, 0) is 6.92 Å². The zero-order valence-electron chi connectivity index (χ0n) is 9.36. The summed E-state index contributed by atoms with van der Waals surface area (Å²) in [4.78, 5) is 42.8. The van der Waals surface area contributed by atoms with E-state index in [0.29, 0.717) is 0 Å². The minimum Gasteiger partial charge on any atom is -0.481 e. The average molecular weight is 245 g/mol. The molecule has 1 atom stereocenters. The fourth-order valence-corrected chi connectivity index (χ4v) is 1.02. The molecule has 0 rings (SSSR count). The van der Waals surface area contributed by atoms with E-state index in [1.165, 1.54) is 0 Å². The summed E-state index contributed by atoms with van der Waals surface area (Å²) in [6.07, 6.45) is -0.681. The molecule has 96 valence electrons. The normalized spacial score (nSPS) is 11.4. The molecule has 8 heteroatoms. The predicted molar refractivity (Wildman–Crippen MR) is 56.8 cm³/mol. The van der Waals surface area contributed by atoms with Crippen LogP contribution in [0.2, 0.25) is 0 Å². The third kappa shape index (κ3) is 8.85. The van der Waals surface area contributed by atoms with Gasteiger partial charge in [-0.25, -0.2) is 4.79 Å². The van der Waals surface area contributed by atoms with E-state index in [9.17, 15) is 19.2 Å². The Hall–Kier alpha value is -2.12. The number of hydrogen-bond acceptors (Lipinski definition) is 4. The Labute approximate surface area is 97.5 Å². The van der Waals surface area contributed by atoms with Crippen molar-refractivity contribution in [3.8, 4) is 0 Å². The van der Waals surface area contributed by atoms with E-state index < -0.39 is 29.9 Å². The number of carbonyl (C=O) groups excluding carboxylic acids is 3. The van der Waals surface area contributed by atoms with Crippen molar-refractivity contribution in [3.05, 3.63) is 0 Å². The standard InChI is InChI=1S/C9H15N3O5/c1-5(4-6(10)13)11-9(17)12-7(14)2-3-8(15)16/h5H,2-4H2,1H3,(H2,10,13)(H,15,16)(H2,11,12,14,17). The van der Waals surface area contributed by atoms with Crippen LogP contribution in [0.3, 0.4) is 0 Å². The second-order valence-electron chi connectivity index (χ2n) is 3.49. The van der Waals surface area contributed by atoms with Gasteiger partial charge < -0.3 is 16.2 Å². The average Bonchev–Trinajstić information content (AvgIpc) is 2.12. The van der Waals surface area contributed by atoms with Gasteiger partial charge in [0.1, 0.15) is 0 Å². The highest BCUT2D eigenvalue weighted by Crippen LogP contribution is 1.91. The smallest absolute Gasteiger partial charge is 0.321 e. The molecular formula is C9H15N3O5. The number of aliphatic carboxylic acids is 1. The Balaban J connectivity index is 3.89. The molecule has 0 bridgehead atoms. The van der Waals surface area contributed by atoms with Crippen LogP contribution in [-0.4, -0.2) is 35.0 Å². The first-order valence-electron chi connectivity index (χ1n) is 4.91. The van der Waals surface area contributed by atoms with Crippen LogP contribution >= 0.6 is 0 Å². The maximum Gasteiger partial charge on any atom is 0.321 e. The monoisotopic (exact) mass is 245 g/mol. The molecule has 0 saturated heterocycles. The van der Waals surface area contributed by atoms with Crippen LogP contribution in [0.5, 0.6) is 0 Å². The fourth-order valence-electron chi connectivity index (χ4n) is 1.02. The number of amides is 4. The molecule has 0 aromatic rings. The molecule has 0 spiro atoms. The summed E-state index contributed by atoms with van der Waals surface area (Å²) in [5.74, 6) is -2.39. The number of urea groups is 1. The first-order chi connectivity index (χ1) is 7.81. The molecule has 4 amide bonds. The van der Waals surface area contributed by atoms with E-state index in [1.54, 1.807) is 6.92 Å². The largest absolute Gasteiger partial charge is 0.481 e. The number of carboxylic acid groups (broad SMARTS) is 1. The Bertz CT molecular complexity index is 329. The van der Waals surface area contributed by atoms with Crippen LogP contribution in [-0.2, 0) is 14.4 Å². The molecule has 17 heavy (non-hydrogen) atoms. The number of carboxylic acids is 1. The zero-order chi connectivity index (χ0) is 13.4. The van der Waals surface area contributed by atoms with Gasteiger partial charge in [0, 0.05) is 18.9 Å². The van der Waals surface area contributed by atoms with Gasteiger partial charge in [-0.1, -0.05) is 0 Å². The molecule has 0 aliphatic heterocycles. The van der Waals surface area contributed by atoms with Gasteiger partial charge >= 0.3 is 12.0 Å². The van der Waals surface area contributed by atoms with Crippen molar-refractivity contribution in [2.75, 3.05) is 0 Å². The Morgan fingerprint density at radius 3 is 2.29 bits per heavy atom. The lowest BCUT2D eigenvalue weighted by molar-refractivity contribution is -0.138. The maximum absolute atomic E-state index is 11.1. The van der Waals surface area contributed by atoms with Crippen molar-refractivity contribution in [1.29, 1.82) is 0 Å². The third-order valence-electron chi connectivity index (χ3n) is 1.70. The fraction of sp³-hybridized carbons (Fsp3) is 0.556. The Morgan fingerprint density at radius 2 is 1.82 bits per heavy atom. The Morgan fingerprint density at radius 1 is 1.24 bits per heavy atom. The molecule has 0 aromatic heterocycles. The second kappa shape index (κ2) is 7.20. The molecule has 0 saturated carbocycles. The second-order valence-corrected chi connectivity index (χ2v) is 3.49. The Kier molecular flexibility index (Phi) is 6.30. The summed E-state index contributed by atoms with van der Waals surface area (Å²) in [6, 6.07) is -1.28. The highest BCUT2D eigenvalue weighted by atomic mass is 16.4. The molecule has 5 N–H and O–H groups in total. The summed E-state index contributed by atoms with van der Waals surface area (Å²) >= 11 is 0. The van der Waals surface area contributed by atoms with Gasteiger partial charge in [0.15, 0.2) is 0 Å². The number of nitrogens with one attached hydrogen (secondary N) is 2. The molecule has 0 fully saturated rings. The third-order valence-corrected chi connectivity index (χ3v) is 1.70. The summed E-state index contributed by atoms with van der Waals surface area (Å²) in [7, 11) is 0. The van der Waals surface area contributed by atoms with Crippen LogP contribution in [0.25, 0.3) is 0 Å². The lowest BCUT2D eigenvalue weighted by Gasteiger charge is -2.11. The number of carbonyl (C=O) groups is 4. The molecule has 1 unspecified atom stereocenters. The minimum absolute atomic E-state index is 0.0449. The lowest BCUT2D eigenvalue weighted by atomic mass is 10.2. The number of primary amides is 1. The van der Waals surface area contributed by atoms with Crippen molar-refractivity contribution in [3.63, 3.8) is 0 Å². The van der Waals surface area contributed by atoms with Crippen LogP contribution in [0, 0.1) is 0 Å². The van der Waals surface area contributed by atoms with Gasteiger partial charge in [-0.3, -0.25) is 19.7 Å². The van der Waals surface area contributed by atoms with E-state index in [1.807, 2.05) is 5.32 Å². The number of nitrogens with two attached hydrogens (primary N) is 1. The molecule has 0 aliphatic rings. The van der Waals surface area contributed by atoms with Gasteiger partial charge in [0.25, 0.3) is 0 Å². The molecule has 8 nitrogen and oxygen atoms in total. The highest BCUT2D eigenvalue weighted by molar-refractivity contribution is 5.95. The van der Waals surface area contributed by atoms with E-state index in [4.69, 9.17) is 10.8 Å². The summed E-state index contributed by atoms with van der Waals surface area (Å²) in [5.41, 5.74) is 4.91. The minimum atomic E-state index is -1.12. The summed E-state index contributed by atoms with van der Waals surface area (Å²) in [5, 5.41) is 12.6. The number of imide groups is 1. The number of hydrogen-bond donors (Lipinski definition) is 4. The quantitative estimate of drug-likeness (QED) is 0.472. The van der Waals surface area contributed by atoms with E-state index >= 15 is 0 Å². The first-order valence-corrected chi connectivity index (χ1v) is 4.91. The first kappa shape index (κ1) is 14.9.